The molecular formula is C21H22Br2N4O9. The molecule has 15 heteroatoms. The summed E-state index contributed by atoms with van der Waals surface area (Å²) in [4.78, 5) is 97.9. The number of carbonyl (C=O) groups is 8. The van der Waals surface area contributed by atoms with E-state index in [1.54, 1.807) is 0 Å². The summed E-state index contributed by atoms with van der Waals surface area (Å²) in [6.45, 7) is -0.556. The van der Waals surface area contributed by atoms with Gasteiger partial charge in [-0.2, -0.15) is 0 Å². The van der Waals surface area contributed by atoms with Crippen molar-refractivity contribution in [1.82, 2.24) is 20.0 Å². The summed E-state index contributed by atoms with van der Waals surface area (Å²) in [6, 6.07) is -1.02. The Balaban J connectivity index is 1.98. The lowest BCUT2D eigenvalue weighted by Gasteiger charge is -2.27. The van der Waals surface area contributed by atoms with E-state index in [0.717, 1.165) is 22.0 Å². The summed E-state index contributed by atoms with van der Waals surface area (Å²) in [5.74, 6) is -4.64. The van der Waals surface area contributed by atoms with E-state index in [-0.39, 0.29) is 60.8 Å². The first-order valence-electron chi connectivity index (χ1n) is 10.6. The number of rotatable bonds is 14. The summed E-state index contributed by atoms with van der Waals surface area (Å²) in [5.41, 5.74) is 0. The van der Waals surface area contributed by atoms with E-state index < -0.39 is 47.5 Å². The number of nitrogens with zero attached hydrogens (tertiary/aromatic N) is 3. The van der Waals surface area contributed by atoms with Gasteiger partial charge in [0, 0.05) is 57.6 Å². The number of imide groups is 2. The van der Waals surface area contributed by atoms with Crippen molar-refractivity contribution in [3.8, 4) is 0 Å². The Morgan fingerprint density at radius 3 is 1.81 bits per heavy atom. The number of halogens is 2. The summed E-state index contributed by atoms with van der Waals surface area (Å²) in [6.07, 6.45) is 1.53. The van der Waals surface area contributed by atoms with Crippen molar-refractivity contribution >= 4 is 79.6 Å². The van der Waals surface area contributed by atoms with Gasteiger partial charge in [-0.05, 0) is 38.3 Å². The highest BCUT2D eigenvalue weighted by Gasteiger charge is 2.32. The Morgan fingerprint density at radius 2 is 1.42 bits per heavy atom. The standard InChI is InChI=1S/C21H22Br2N4O9/c22-13-9-17(31)26(20(13)35)7-5-25(6-8-27-18(32)10-14(23)21(27)36)16(30)3-2-15(29)24-12(11-28)1-4-19(33)34/h9-12H,1-8H2,(H,24,29)(H,33,34). The topological polar surface area (TPSA) is 179 Å². The highest BCUT2D eigenvalue weighted by Crippen LogP contribution is 2.19. The van der Waals surface area contributed by atoms with Gasteiger partial charge in [-0.15, -0.1) is 0 Å². The lowest BCUT2D eigenvalue weighted by Crippen LogP contribution is -2.45. The minimum Gasteiger partial charge on any atom is -0.481 e. The van der Waals surface area contributed by atoms with Gasteiger partial charge in [-0.3, -0.25) is 43.4 Å². The van der Waals surface area contributed by atoms with Crippen LogP contribution < -0.4 is 5.32 Å². The molecule has 1 atom stereocenters. The van der Waals surface area contributed by atoms with Gasteiger partial charge in [0.15, 0.2) is 0 Å². The van der Waals surface area contributed by atoms with Crippen LogP contribution in [-0.4, -0.2) is 99.7 Å². The summed E-state index contributed by atoms with van der Waals surface area (Å²) >= 11 is 5.95. The molecule has 194 valence electrons. The van der Waals surface area contributed by atoms with E-state index in [1.807, 2.05) is 0 Å². The minimum atomic E-state index is -1.13. The van der Waals surface area contributed by atoms with Crippen molar-refractivity contribution in [3.05, 3.63) is 21.1 Å². The van der Waals surface area contributed by atoms with Gasteiger partial charge >= 0.3 is 5.97 Å². The molecule has 6 amide bonds. The Morgan fingerprint density at radius 1 is 0.917 bits per heavy atom. The molecule has 2 aliphatic rings. The van der Waals surface area contributed by atoms with Gasteiger partial charge in [0.1, 0.15) is 6.29 Å². The molecule has 0 radical (unpaired) electrons. The molecule has 0 aromatic carbocycles. The molecule has 0 bridgehead atoms. The first kappa shape index (κ1) is 29.0. The third-order valence-electron chi connectivity index (χ3n) is 5.22. The van der Waals surface area contributed by atoms with Crippen LogP contribution in [0.3, 0.4) is 0 Å². The fourth-order valence-corrected chi connectivity index (χ4v) is 4.11. The fourth-order valence-electron chi connectivity index (χ4n) is 3.29. The number of carbonyl (C=O) groups excluding carboxylic acids is 7. The van der Waals surface area contributed by atoms with E-state index in [9.17, 15) is 38.4 Å². The zero-order valence-electron chi connectivity index (χ0n) is 18.8. The van der Waals surface area contributed by atoms with Gasteiger partial charge in [-0.1, -0.05) is 0 Å². The maximum Gasteiger partial charge on any atom is 0.303 e. The zero-order valence-corrected chi connectivity index (χ0v) is 21.9. The Hall–Kier alpha value is -3.20. The number of aliphatic carboxylic acids is 1. The van der Waals surface area contributed by atoms with Crippen molar-refractivity contribution in [3.63, 3.8) is 0 Å². The highest BCUT2D eigenvalue weighted by atomic mass is 79.9. The summed E-state index contributed by atoms with van der Waals surface area (Å²) in [5, 5.41) is 11.0. The second kappa shape index (κ2) is 13.2. The summed E-state index contributed by atoms with van der Waals surface area (Å²) < 4.78 is 0.137. The van der Waals surface area contributed by atoms with E-state index in [0.29, 0.717) is 6.29 Å². The fraction of sp³-hybridized carbons (Fsp3) is 0.429. The number of nitrogens with one attached hydrogen (secondary N) is 1. The maximum atomic E-state index is 12.9. The average Bonchev–Trinajstić information content (AvgIpc) is 3.21. The van der Waals surface area contributed by atoms with Crippen LogP contribution in [0, 0.1) is 0 Å². The molecule has 0 saturated carbocycles. The van der Waals surface area contributed by atoms with Crippen LogP contribution in [0.1, 0.15) is 25.7 Å². The van der Waals surface area contributed by atoms with Crippen molar-refractivity contribution in [2.45, 2.75) is 31.7 Å². The number of carboxylic acids is 1. The Labute approximate surface area is 221 Å². The predicted molar refractivity (Wildman–Crippen MR) is 128 cm³/mol. The molecule has 2 aliphatic heterocycles. The largest absolute Gasteiger partial charge is 0.481 e. The van der Waals surface area contributed by atoms with Gasteiger partial charge < -0.3 is 20.1 Å². The summed E-state index contributed by atoms with van der Waals surface area (Å²) in [7, 11) is 0. The molecule has 0 saturated heterocycles. The molecule has 0 spiro atoms. The predicted octanol–water partition coefficient (Wildman–Crippen LogP) is -0.561. The number of amides is 6. The second-order valence-electron chi connectivity index (χ2n) is 7.70. The first-order valence-corrected chi connectivity index (χ1v) is 12.2. The van der Waals surface area contributed by atoms with Crippen LogP contribution in [-0.2, 0) is 38.4 Å². The number of carboxylic acid groups (broad SMARTS) is 1. The molecule has 0 aromatic rings. The quantitative estimate of drug-likeness (QED) is 0.187. The van der Waals surface area contributed by atoms with Gasteiger partial charge in [-0.25, -0.2) is 0 Å². The zero-order chi connectivity index (χ0) is 27.0. The number of hydrogen-bond acceptors (Lipinski definition) is 8. The van der Waals surface area contributed by atoms with Crippen molar-refractivity contribution in [2.75, 3.05) is 26.2 Å². The van der Waals surface area contributed by atoms with Crippen LogP contribution in [0.2, 0.25) is 0 Å². The van der Waals surface area contributed by atoms with Crippen LogP contribution >= 0.6 is 31.9 Å². The van der Waals surface area contributed by atoms with Crippen molar-refractivity contribution in [2.24, 2.45) is 0 Å². The molecule has 2 rings (SSSR count). The van der Waals surface area contributed by atoms with Crippen molar-refractivity contribution < 1.29 is 43.5 Å². The molecule has 36 heavy (non-hydrogen) atoms. The third kappa shape index (κ3) is 7.91. The monoisotopic (exact) mass is 632 g/mol. The Kier molecular flexibility index (Phi) is 10.6. The van der Waals surface area contributed by atoms with Gasteiger partial charge in [0.05, 0.1) is 15.0 Å². The molecule has 0 aromatic heterocycles. The average molecular weight is 634 g/mol. The number of aldehydes is 1. The van der Waals surface area contributed by atoms with Gasteiger partial charge in [0.2, 0.25) is 11.8 Å². The lowest BCUT2D eigenvalue weighted by molar-refractivity contribution is -0.141. The minimum absolute atomic E-state index is 0.0684. The molecule has 2 heterocycles. The van der Waals surface area contributed by atoms with Crippen LogP contribution in [0.4, 0.5) is 0 Å². The third-order valence-corrected chi connectivity index (χ3v) is 6.35. The lowest BCUT2D eigenvalue weighted by atomic mass is 10.1. The maximum absolute atomic E-state index is 12.9. The van der Waals surface area contributed by atoms with E-state index in [1.165, 1.54) is 4.90 Å². The molecule has 0 aliphatic carbocycles. The Bertz CT molecular complexity index is 1000. The van der Waals surface area contributed by atoms with E-state index in [2.05, 4.69) is 37.2 Å². The molecular weight excluding hydrogens is 612 g/mol. The normalized spacial score (nSPS) is 16.2. The van der Waals surface area contributed by atoms with Crippen LogP contribution in [0.5, 0.6) is 0 Å². The first-order chi connectivity index (χ1) is 16.9. The van der Waals surface area contributed by atoms with Gasteiger partial charge in [0.25, 0.3) is 23.6 Å². The molecule has 1 unspecified atom stereocenters. The smallest absolute Gasteiger partial charge is 0.303 e. The highest BCUT2D eigenvalue weighted by molar-refractivity contribution is 9.12. The molecule has 0 fully saturated rings. The molecule has 13 nitrogen and oxygen atoms in total. The van der Waals surface area contributed by atoms with Crippen LogP contribution in [0.25, 0.3) is 0 Å². The van der Waals surface area contributed by atoms with Crippen molar-refractivity contribution in [1.29, 1.82) is 0 Å². The second-order valence-corrected chi connectivity index (χ2v) is 9.41. The van der Waals surface area contributed by atoms with E-state index in [4.69, 9.17) is 5.11 Å². The van der Waals surface area contributed by atoms with Crippen LogP contribution in [0.15, 0.2) is 21.1 Å². The van der Waals surface area contributed by atoms with E-state index >= 15 is 0 Å². The SMILES string of the molecule is O=CC(CCC(=O)O)NC(=O)CCC(=O)N(CCN1C(=O)C=C(Br)C1=O)CCN1C(=O)C=C(Br)C1=O. The molecule has 2 N–H and O–H groups in total. The number of hydrogen-bond donors (Lipinski definition) is 2.